The number of aromatic nitrogens is 2. The SMILES string of the molecule is Cc1noc(CN2CCN(C(=O)Nc3ccc(F)cc3C#N)CC2)n1. The summed E-state index contributed by atoms with van der Waals surface area (Å²) < 4.78 is 18.3. The van der Waals surface area contributed by atoms with E-state index >= 15 is 0 Å². The normalized spacial score (nSPS) is 15.0. The Hall–Kier alpha value is -2.99. The first-order valence-electron chi connectivity index (χ1n) is 7.82. The van der Waals surface area contributed by atoms with E-state index in [-0.39, 0.29) is 11.6 Å². The molecule has 0 atom stereocenters. The first-order valence-corrected chi connectivity index (χ1v) is 7.82. The molecule has 1 N–H and O–H groups in total. The molecule has 130 valence electrons. The number of carbonyl (C=O) groups is 1. The summed E-state index contributed by atoms with van der Waals surface area (Å²) in [5.41, 5.74) is 0.399. The molecule has 2 heterocycles. The molecule has 3 rings (SSSR count). The van der Waals surface area contributed by atoms with Gasteiger partial charge >= 0.3 is 6.03 Å². The molecule has 0 radical (unpaired) electrons. The summed E-state index contributed by atoms with van der Waals surface area (Å²) in [4.78, 5) is 20.3. The fourth-order valence-electron chi connectivity index (χ4n) is 2.62. The molecule has 1 aromatic carbocycles. The van der Waals surface area contributed by atoms with Crippen LogP contribution in [0.5, 0.6) is 0 Å². The minimum atomic E-state index is -0.514. The molecule has 0 saturated carbocycles. The zero-order chi connectivity index (χ0) is 17.8. The largest absolute Gasteiger partial charge is 0.338 e. The van der Waals surface area contributed by atoms with Crippen molar-refractivity contribution in [2.24, 2.45) is 0 Å². The number of nitrogens with one attached hydrogen (secondary N) is 1. The van der Waals surface area contributed by atoms with E-state index in [9.17, 15) is 9.18 Å². The number of carbonyl (C=O) groups excluding carboxylic acids is 1. The lowest BCUT2D eigenvalue weighted by atomic mass is 10.2. The molecule has 8 nitrogen and oxygen atoms in total. The summed E-state index contributed by atoms with van der Waals surface area (Å²) in [7, 11) is 0. The van der Waals surface area contributed by atoms with Crippen LogP contribution in [-0.2, 0) is 6.54 Å². The van der Waals surface area contributed by atoms with Gasteiger partial charge in [0, 0.05) is 26.2 Å². The lowest BCUT2D eigenvalue weighted by Crippen LogP contribution is -2.49. The molecule has 0 bridgehead atoms. The van der Waals surface area contributed by atoms with Crippen LogP contribution in [-0.4, -0.2) is 52.2 Å². The molecule has 25 heavy (non-hydrogen) atoms. The molecule has 2 amide bonds. The molecule has 1 saturated heterocycles. The molecule has 2 aromatic rings. The van der Waals surface area contributed by atoms with Crippen LogP contribution >= 0.6 is 0 Å². The number of urea groups is 1. The summed E-state index contributed by atoms with van der Waals surface area (Å²) in [5, 5.41) is 15.5. The van der Waals surface area contributed by atoms with E-state index in [1.54, 1.807) is 11.8 Å². The van der Waals surface area contributed by atoms with Gasteiger partial charge in [-0.25, -0.2) is 9.18 Å². The number of benzene rings is 1. The van der Waals surface area contributed by atoms with E-state index in [2.05, 4.69) is 20.4 Å². The number of amides is 2. The Morgan fingerprint density at radius 3 is 2.80 bits per heavy atom. The first-order chi connectivity index (χ1) is 12.0. The van der Waals surface area contributed by atoms with Crippen molar-refractivity contribution in [3.63, 3.8) is 0 Å². The molecule has 1 aliphatic rings. The van der Waals surface area contributed by atoms with Crippen LogP contribution in [0.2, 0.25) is 0 Å². The predicted molar refractivity (Wildman–Crippen MR) is 86.0 cm³/mol. The highest BCUT2D eigenvalue weighted by Crippen LogP contribution is 2.17. The van der Waals surface area contributed by atoms with Gasteiger partial charge in [-0.2, -0.15) is 10.2 Å². The zero-order valence-electron chi connectivity index (χ0n) is 13.7. The zero-order valence-corrected chi connectivity index (χ0v) is 13.7. The van der Waals surface area contributed by atoms with Crippen LogP contribution < -0.4 is 5.32 Å². The molecule has 1 aliphatic heterocycles. The smallest absolute Gasteiger partial charge is 0.321 e. The van der Waals surface area contributed by atoms with Crippen LogP contribution in [0.15, 0.2) is 22.7 Å². The Balaban J connectivity index is 1.54. The van der Waals surface area contributed by atoms with Crippen molar-refractivity contribution in [2.75, 3.05) is 31.5 Å². The van der Waals surface area contributed by atoms with Crippen molar-refractivity contribution < 1.29 is 13.7 Å². The Morgan fingerprint density at radius 2 is 2.16 bits per heavy atom. The molecule has 1 fully saturated rings. The summed E-state index contributed by atoms with van der Waals surface area (Å²) >= 11 is 0. The number of piperazine rings is 1. The second kappa shape index (κ2) is 7.27. The number of halogens is 1. The number of hydrogen-bond donors (Lipinski definition) is 1. The van der Waals surface area contributed by atoms with Gasteiger partial charge in [0.25, 0.3) is 0 Å². The Labute approximate surface area is 143 Å². The highest BCUT2D eigenvalue weighted by atomic mass is 19.1. The van der Waals surface area contributed by atoms with Crippen molar-refractivity contribution in [3.05, 3.63) is 41.3 Å². The average molecular weight is 344 g/mol. The predicted octanol–water partition coefficient (Wildman–Crippen LogP) is 1.74. The van der Waals surface area contributed by atoms with Crippen LogP contribution in [0, 0.1) is 24.1 Å². The number of anilines is 1. The molecule has 0 unspecified atom stereocenters. The first kappa shape index (κ1) is 16.9. The van der Waals surface area contributed by atoms with E-state index in [1.165, 1.54) is 12.1 Å². The van der Waals surface area contributed by atoms with Crippen LogP contribution in [0.1, 0.15) is 17.3 Å². The Bertz CT molecular complexity index is 807. The van der Waals surface area contributed by atoms with E-state index in [1.807, 2.05) is 6.07 Å². The third-order valence-electron chi connectivity index (χ3n) is 3.93. The van der Waals surface area contributed by atoms with Gasteiger partial charge in [-0.15, -0.1) is 0 Å². The Morgan fingerprint density at radius 1 is 1.40 bits per heavy atom. The van der Waals surface area contributed by atoms with Crippen molar-refractivity contribution in [3.8, 4) is 6.07 Å². The summed E-state index contributed by atoms with van der Waals surface area (Å²) in [6, 6.07) is 5.26. The quantitative estimate of drug-likeness (QED) is 0.911. The number of nitrogens with zero attached hydrogens (tertiary/aromatic N) is 5. The minimum Gasteiger partial charge on any atom is -0.338 e. The maximum absolute atomic E-state index is 13.2. The second-order valence-corrected chi connectivity index (χ2v) is 5.73. The fraction of sp³-hybridized carbons (Fsp3) is 0.375. The molecule has 1 aromatic heterocycles. The van der Waals surface area contributed by atoms with E-state index < -0.39 is 5.82 Å². The number of rotatable bonds is 3. The molecule has 0 spiro atoms. The van der Waals surface area contributed by atoms with Gasteiger partial charge in [0.1, 0.15) is 11.9 Å². The average Bonchev–Trinajstić information content (AvgIpc) is 3.02. The highest BCUT2D eigenvalue weighted by molar-refractivity contribution is 5.90. The van der Waals surface area contributed by atoms with Gasteiger partial charge in [-0.05, 0) is 25.1 Å². The van der Waals surface area contributed by atoms with Gasteiger partial charge in [0.05, 0.1) is 17.8 Å². The van der Waals surface area contributed by atoms with Gasteiger partial charge in [-0.3, -0.25) is 4.90 Å². The maximum atomic E-state index is 13.2. The molecule has 9 heteroatoms. The maximum Gasteiger partial charge on any atom is 0.321 e. The third kappa shape index (κ3) is 4.10. The van der Waals surface area contributed by atoms with E-state index in [4.69, 9.17) is 9.78 Å². The summed E-state index contributed by atoms with van der Waals surface area (Å²) in [5.74, 6) is 0.639. The monoisotopic (exact) mass is 344 g/mol. The molecular formula is C16H17FN6O2. The standard InChI is InChI=1S/C16H17FN6O2/c1-11-19-15(25-21-11)10-22-4-6-23(7-5-22)16(24)20-14-3-2-13(17)8-12(14)9-18/h2-3,8H,4-7,10H2,1H3,(H,20,24). The highest BCUT2D eigenvalue weighted by Gasteiger charge is 2.23. The van der Waals surface area contributed by atoms with Crippen molar-refractivity contribution in [1.82, 2.24) is 19.9 Å². The minimum absolute atomic E-state index is 0.0961. The number of nitriles is 1. The summed E-state index contributed by atoms with van der Waals surface area (Å²) in [6.07, 6.45) is 0. The van der Waals surface area contributed by atoms with Gasteiger partial charge in [0.15, 0.2) is 5.82 Å². The van der Waals surface area contributed by atoms with Crippen LogP contribution in [0.3, 0.4) is 0 Å². The number of aryl methyl sites for hydroxylation is 1. The summed E-state index contributed by atoms with van der Waals surface area (Å²) in [6.45, 7) is 4.71. The fourth-order valence-corrected chi connectivity index (χ4v) is 2.62. The number of hydrogen-bond acceptors (Lipinski definition) is 6. The van der Waals surface area contributed by atoms with Crippen molar-refractivity contribution in [2.45, 2.75) is 13.5 Å². The van der Waals surface area contributed by atoms with Crippen molar-refractivity contribution >= 4 is 11.7 Å². The Kier molecular flexibility index (Phi) is 4.90. The molecule has 0 aliphatic carbocycles. The van der Waals surface area contributed by atoms with Crippen molar-refractivity contribution in [1.29, 1.82) is 5.26 Å². The molecular weight excluding hydrogens is 327 g/mol. The second-order valence-electron chi connectivity index (χ2n) is 5.73. The van der Waals surface area contributed by atoms with Gasteiger partial charge in [0.2, 0.25) is 5.89 Å². The van der Waals surface area contributed by atoms with Gasteiger partial charge in [-0.1, -0.05) is 5.16 Å². The lowest BCUT2D eigenvalue weighted by Gasteiger charge is -2.33. The van der Waals surface area contributed by atoms with Gasteiger partial charge < -0.3 is 14.7 Å². The van der Waals surface area contributed by atoms with E-state index in [0.717, 1.165) is 6.07 Å². The van der Waals surface area contributed by atoms with E-state index in [0.29, 0.717) is 50.1 Å². The lowest BCUT2D eigenvalue weighted by molar-refractivity contribution is 0.133. The topological polar surface area (TPSA) is 98.3 Å². The van der Waals surface area contributed by atoms with Crippen LogP contribution in [0.4, 0.5) is 14.9 Å². The van der Waals surface area contributed by atoms with Crippen LogP contribution in [0.25, 0.3) is 0 Å². The third-order valence-corrected chi connectivity index (χ3v) is 3.93.